The van der Waals surface area contributed by atoms with E-state index in [1.54, 1.807) is 12.3 Å². The van der Waals surface area contributed by atoms with Gasteiger partial charge in [0.1, 0.15) is 11.8 Å². The summed E-state index contributed by atoms with van der Waals surface area (Å²) in [5.74, 6) is 0. The van der Waals surface area contributed by atoms with Crippen molar-refractivity contribution in [3.05, 3.63) is 24.0 Å². The Labute approximate surface area is 95.5 Å². The van der Waals surface area contributed by atoms with Crippen LogP contribution < -0.4 is 11.1 Å². The summed E-state index contributed by atoms with van der Waals surface area (Å²) < 4.78 is 0. The van der Waals surface area contributed by atoms with Crippen molar-refractivity contribution < 1.29 is 0 Å². The third-order valence-corrected chi connectivity index (χ3v) is 3.05. The normalized spacial score (nSPS) is 24.8. The molecule has 1 saturated carbocycles. The van der Waals surface area contributed by atoms with E-state index >= 15 is 0 Å². The number of aromatic nitrogens is 1. The molecule has 16 heavy (non-hydrogen) atoms. The number of nitrogens with one attached hydrogen (secondary N) is 1. The number of nitrogens with two attached hydrogens (primary N) is 1. The lowest BCUT2D eigenvalue weighted by Crippen LogP contribution is -2.42. The van der Waals surface area contributed by atoms with Gasteiger partial charge in [-0.25, -0.2) is 4.98 Å². The summed E-state index contributed by atoms with van der Waals surface area (Å²) in [4.78, 5) is 4.02. The number of hydrogen-bond acceptors (Lipinski definition) is 4. The molecule has 2 atom stereocenters. The molecule has 0 aliphatic heterocycles. The van der Waals surface area contributed by atoms with E-state index in [1.807, 2.05) is 12.1 Å². The second-order valence-corrected chi connectivity index (χ2v) is 4.24. The van der Waals surface area contributed by atoms with Crippen molar-refractivity contribution in [3.63, 3.8) is 0 Å². The van der Waals surface area contributed by atoms with Crippen molar-refractivity contribution in [2.24, 2.45) is 5.73 Å². The molecule has 4 heteroatoms. The first kappa shape index (κ1) is 10.9. The van der Waals surface area contributed by atoms with Crippen molar-refractivity contribution in [1.29, 1.82) is 5.26 Å². The fraction of sp³-hybridized carbons (Fsp3) is 0.500. The predicted octanol–water partition coefficient (Wildman–Crippen LogP) is 1.64. The van der Waals surface area contributed by atoms with Crippen LogP contribution in [0.1, 0.15) is 31.4 Å². The minimum Gasteiger partial charge on any atom is -0.380 e. The van der Waals surface area contributed by atoms with Gasteiger partial charge < -0.3 is 11.1 Å². The van der Waals surface area contributed by atoms with Gasteiger partial charge in [0.2, 0.25) is 0 Å². The molecule has 0 unspecified atom stereocenters. The zero-order chi connectivity index (χ0) is 11.4. The summed E-state index contributed by atoms with van der Waals surface area (Å²) >= 11 is 0. The number of rotatable bonds is 2. The Hall–Kier alpha value is -1.60. The average molecular weight is 216 g/mol. The van der Waals surface area contributed by atoms with E-state index in [0.29, 0.717) is 11.7 Å². The molecule has 1 aromatic rings. The van der Waals surface area contributed by atoms with E-state index < -0.39 is 0 Å². The van der Waals surface area contributed by atoms with Gasteiger partial charge in [-0.3, -0.25) is 0 Å². The van der Waals surface area contributed by atoms with Crippen LogP contribution in [0.25, 0.3) is 0 Å². The zero-order valence-electron chi connectivity index (χ0n) is 9.19. The summed E-state index contributed by atoms with van der Waals surface area (Å²) in [5, 5.41) is 12.0. The largest absolute Gasteiger partial charge is 0.380 e. The molecule has 1 aliphatic carbocycles. The first-order chi connectivity index (χ1) is 7.79. The fourth-order valence-electron chi connectivity index (χ4n) is 2.10. The van der Waals surface area contributed by atoms with Gasteiger partial charge in [0.25, 0.3) is 0 Å². The van der Waals surface area contributed by atoms with E-state index in [4.69, 9.17) is 11.0 Å². The van der Waals surface area contributed by atoms with E-state index in [9.17, 15) is 0 Å². The molecule has 0 aromatic carbocycles. The topological polar surface area (TPSA) is 74.7 Å². The van der Waals surface area contributed by atoms with Crippen LogP contribution in [-0.4, -0.2) is 17.1 Å². The van der Waals surface area contributed by atoms with Crippen LogP contribution in [0.5, 0.6) is 0 Å². The van der Waals surface area contributed by atoms with Gasteiger partial charge in [0.15, 0.2) is 0 Å². The van der Waals surface area contributed by atoms with Gasteiger partial charge in [-0.1, -0.05) is 12.8 Å². The Bertz CT molecular complexity index is 379. The van der Waals surface area contributed by atoms with Gasteiger partial charge in [-0.2, -0.15) is 5.26 Å². The second kappa shape index (κ2) is 4.95. The third-order valence-electron chi connectivity index (χ3n) is 3.05. The molecule has 4 nitrogen and oxygen atoms in total. The maximum atomic E-state index is 8.64. The van der Waals surface area contributed by atoms with Crippen molar-refractivity contribution in [3.8, 4) is 6.07 Å². The number of nitriles is 1. The Balaban J connectivity index is 2.00. The highest BCUT2D eigenvalue weighted by Gasteiger charge is 2.21. The molecule has 1 aliphatic rings. The highest BCUT2D eigenvalue weighted by atomic mass is 15.0. The molecule has 0 amide bonds. The molecule has 0 bridgehead atoms. The van der Waals surface area contributed by atoms with Crippen LogP contribution in [-0.2, 0) is 0 Å². The average Bonchev–Trinajstić information content (AvgIpc) is 2.33. The molecule has 0 radical (unpaired) electrons. The maximum absolute atomic E-state index is 8.64. The molecule has 2 rings (SSSR count). The van der Waals surface area contributed by atoms with E-state index in [2.05, 4.69) is 10.3 Å². The maximum Gasteiger partial charge on any atom is 0.140 e. The lowest BCUT2D eigenvalue weighted by Gasteiger charge is -2.30. The van der Waals surface area contributed by atoms with Crippen LogP contribution in [0.3, 0.4) is 0 Å². The second-order valence-electron chi connectivity index (χ2n) is 4.24. The van der Waals surface area contributed by atoms with Crippen LogP contribution >= 0.6 is 0 Å². The van der Waals surface area contributed by atoms with Gasteiger partial charge in [-0.15, -0.1) is 0 Å². The Morgan fingerprint density at radius 2 is 2.19 bits per heavy atom. The Kier molecular flexibility index (Phi) is 3.37. The standard InChI is InChI=1S/C12H16N4/c13-7-9-5-6-10(8-15-9)16-12-4-2-1-3-11(12)14/h5-6,8,11-12,16H,1-4,14H2/t11-,12-/m1/s1. The summed E-state index contributed by atoms with van der Waals surface area (Å²) in [6.45, 7) is 0. The third kappa shape index (κ3) is 2.50. The molecule has 1 heterocycles. The van der Waals surface area contributed by atoms with E-state index in [-0.39, 0.29) is 6.04 Å². The predicted molar refractivity (Wildman–Crippen MR) is 62.8 cm³/mol. The first-order valence-corrected chi connectivity index (χ1v) is 5.68. The molecule has 1 aromatic heterocycles. The highest BCUT2D eigenvalue weighted by molar-refractivity contribution is 5.44. The molecule has 3 N–H and O–H groups in total. The zero-order valence-corrected chi connectivity index (χ0v) is 9.19. The van der Waals surface area contributed by atoms with Crippen LogP contribution in [0.4, 0.5) is 5.69 Å². The minimum atomic E-state index is 0.226. The summed E-state index contributed by atoms with van der Waals surface area (Å²) in [7, 11) is 0. The van der Waals surface area contributed by atoms with Gasteiger partial charge >= 0.3 is 0 Å². The van der Waals surface area contributed by atoms with E-state index in [0.717, 1.165) is 18.5 Å². The van der Waals surface area contributed by atoms with Crippen LogP contribution in [0, 0.1) is 11.3 Å². The molecule has 84 valence electrons. The van der Waals surface area contributed by atoms with Crippen LogP contribution in [0.2, 0.25) is 0 Å². The number of hydrogen-bond donors (Lipinski definition) is 2. The van der Waals surface area contributed by atoms with E-state index in [1.165, 1.54) is 12.8 Å². The lowest BCUT2D eigenvalue weighted by atomic mass is 9.91. The summed E-state index contributed by atoms with van der Waals surface area (Å²) in [5.41, 5.74) is 7.44. The first-order valence-electron chi connectivity index (χ1n) is 5.68. The quantitative estimate of drug-likeness (QED) is 0.788. The number of anilines is 1. The fourth-order valence-corrected chi connectivity index (χ4v) is 2.10. The van der Waals surface area contributed by atoms with Gasteiger partial charge in [0.05, 0.1) is 11.9 Å². The summed E-state index contributed by atoms with van der Waals surface area (Å²) in [6, 6.07) is 6.17. The monoisotopic (exact) mass is 216 g/mol. The Morgan fingerprint density at radius 3 is 2.81 bits per heavy atom. The SMILES string of the molecule is N#Cc1ccc(N[C@@H]2CCCC[C@H]2N)cn1. The van der Waals surface area contributed by atoms with Gasteiger partial charge in [0, 0.05) is 12.1 Å². The Morgan fingerprint density at radius 1 is 1.38 bits per heavy atom. The minimum absolute atomic E-state index is 0.226. The summed E-state index contributed by atoms with van der Waals surface area (Å²) in [6.07, 6.45) is 6.35. The van der Waals surface area contributed by atoms with Crippen LogP contribution in [0.15, 0.2) is 18.3 Å². The van der Waals surface area contributed by atoms with Crippen molar-refractivity contribution in [2.75, 3.05) is 5.32 Å². The van der Waals surface area contributed by atoms with Crippen molar-refractivity contribution in [1.82, 2.24) is 4.98 Å². The molecule has 0 saturated heterocycles. The molecule has 1 fully saturated rings. The van der Waals surface area contributed by atoms with Gasteiger partial charge in [-0.05, 0) is 25.0 Å². The molecule has 0 spiro atoms. The lowest BCUT2D eigenvalue weighted by molar-refractivity contribution is 0.404. The molecular weight excluding hydrogens is 200 g/mol. The van der Waals surface area contributed by atoms with Crippen molar-refractivity contribution in [2.45, 2.75) is 37.8 Å². The highest BCUT2D eigenvalue weighted by Crippen LogP contribution is 2.20. The number of pyridine rings is 1. The number of nitrogens with zero attached hydrogens (tertiary/aromatic N) is 2. The molecular formula is C12H16N4. The van der Waals surface area contributed by atoms with Crippen molar-refractivity contribution >= 4 is 5.69 Å². The smallest absolute Gasteiger partial charge is 0.140 e.